The Hall–Kier alpha value is -0.830. The quantitative estimate of drug-likeness (QED) is 0.802. The van der Waals surface area contributed by atoms with E-state index in [0.717, 1.165) is 15.7 Å². The Kier molecular flexibility index (Phi) is 3.48. The Morgan fingerprint density at radius 1 is 1.62 bits per heavy atom. The van der Waals surface area contributed by atoms with Gasteiger partial charge in [0.25, 0.3) is 0 Å². The molecule has 0 amide bonds. The summed E-state index contributed by atoms with van der Waals surface area (Å²) in [7, 11) is 0. The molecule has 70 valence electrons. The lowest BCUT2D eigenvalue weighted by Crippen LogP contribution is -2.01. The highest BCUT2D eigenvalue weighted by Gasteiger charge is 2.04. The maximum Gasteiger partial charge on any atom is 0.124 e. The van der Waals surface area contributed by atoms with E-state index in [4.69, 9.17) is 0 Å². The molecule has 0 spiro atoms. The van der Waals surface area contributed by atoms with Crippen molar-refractivity contribution in [2.45, 2.75) is 6.92 Å². The third-order valence-electron chi connectivity index (χ3n) is 1.68. The molecule has 0 aliphatic rings. The summed E-state index contributed by atoms with van der Waals surface area (Å²) in [5.74, 6) is -0.228. The Morgan fingerprint density at radius 3 is 2.85 bits per heavy atom. The number of benzene rings is 1. The first-order chi connectivity index (χ1) is 6.15. The number of anilines is 1. The monoisotopic (exact) mass is 243 g/mol. The molecule has 0 bridgehead atoms. The fraction of sp³-hybridized carbons (Fsp3) is 0.200. The molecule has 0 radical (unpaired) electrons. The molecule has 0 fully saturated rings. The van der Waals surface area contributed by atoms with Gasteiger partial charge < -0.3 is 5.32 Å². The van der Waals surface area contributed by atoms with Crippen LogP contribution in [0.15, 0.2) is 29.3 Å². The van der Waals surface area contributed by atoms with Crippen LogP contribution in [0.2, 0.25) is 0 Å². The first-order valence-electron chi connectivity index (χ1n) is 3.95. The van der Waals surface area contributed by atoms with E-state index < -0.39 is 0 Å². The summed E-state index contributed by atoms with van der Waals surface area (Å²) in [5, 5.41) is 3.13. The second kappa shape index (κ2) is 4.42. The molecule has 0 saturated carbocycles. The molecular formula is C10H11BrFN. The number of hydrogen-bond donors (Lipinski definition) is 1. The predicted molar refractivity (Wildman–Crippen MR) is 57.5 cm³/mol. The van der Waals surface area contributed by atoms with Crippen molar-refractivity contribution in [2.75, 3.05) is 11.9 Å². The van der Waals surface area contributed by atoms with E-state index in [-0.39, 0.29) is 5.82 Å². The zero-order valence-corrected chi connectivity index (χ0v) is 8.99. The average molecular weight is 244 g/mol. The van der Waals surface area contributed by atoms with Crippen molar-refractivity contribution in [1.29, 1.82) is 0 Å². The molecule has 1 N–H and O–H groups in total. The van der Waals surface area contributed by atoms with Crippen LogP contribution >= 0.6 is 15.9 Å². The van der Waals surface area contributed by atoms with Crippen LogP contribution < -0.4 is 5.32 Å². The van der Waals surface area contributed by atoms with Gasteiger partial charge in [-0.2, -0.15) is 0 Å². The van der Waals surface area contributed by atoms with Gasteiger partial charge in [-0.25, -0.2) is 4.39 Å². The van der Waals surface area contributed by atoms with Gasteiger partial charge in [-0.15, -0.1) is 6.58 Å². The molecule has 1 aromatic rings. The number of hydrogen-bond acceptors (Lipinski definition) is 1. The topological polar surface area (TPSA) is 12.0 Å². The number of nitrogens with one attached hydrogen (secondary N) is 1. The van der Waals surface area contributed by atoms with Gasteiger partial charge in [-0.3, -0.25) is 0 Å². The molecule has 1 aromatic carbocycles. The summed E-state index contributed by atoms with van der Waals surface area (Å²) in [6.45, 7) is 6.13. The van der Waals surface area contributed by atoms with E-state index >= 15 is 0 Å². The van der Waals surface area contributed by atoms with Crippen LogP contribution in [0.25, 0.3) is 0 Å². The minimum Gasteiger partial charge on any atom is -0.380 e. The van der Waals surface area contributed by atoms with Gasteiger partial charge in [0.05, 0.1) is 5.69 Å². The van der Waals surface area contributed by atoms with Crippen molar-refractivity contribution in [3.8, 4) is 0 Å². The zero-order chi connectivity index (χ0) is 9.84. The molecule has 0 aliphatic carbocycles. The van der Waals surface area contributed by atoms with Crippen LogP contribution in [0.5, 0.6) is 0 Å². The SMILES string of the molecule is C=CCNc1c(C)cc(F)cc1Br. The van der Waals surface area contributed by atoms with Gasteiger partial charge in [0.1, 0.15) is 5.82 Å². The highest BCUT2D eigenvalue weighted by Crippen LogP contribution is 2.27. The lowest BCUT2D eigenvalue weighted by molar-refractivity contribution is 0.626. The standard InChI is InChI=1S/C10H11BrFN/c1-3-4-13-10-7(2)5-8(12)6-9(10)11/h3,5-6,13H,1,4H2,2H3. The second-order valence-electron chi connectivity index (χ2n) is 2.75. The minimum atomic E-state index is -0.228. The van der Waals surface area contributed by atoms with Crippen LogP contribution in [-0.4, -0.2) is 6.54 Å². The van der Waals surface area contributed by atoms with E-state index in [1.807, 2.05) is 6.92 Å². The fourth-order valence-corrected chi connectivity index (χ4v) is 1.77. The normalized spacial score (nSPS) is 9.77. The van der Waals surface area contributed by atoms with Crippen molar-refractivity contribution in [3.05, 3.63) is 40.6 Å². The van der Waals surface area contributed by atoms with E-state index in [0.29, 0.717) is 6.54 Å². The summed E-state index contributed by atoms with van der Waals surface area (Å²) >= 11 is 3.29. The van der Waals surface area contributed by atoms with Crippen molar-refractivity contribution < 1.29 is 4.39 Å². The zero-order valence-electron chi connectivity index (χ0n) is 7.40. The Morgan fingerprint density at radius 2 is 2.31 bits per heavy atom. The average Bonchev–Trinajstić information content (AvgIpc) is 2.02. The van der Waals surface area contributed by atoms with E-state index in [9.17, 15) is 4.39 Å². The smallest absolute Gasteiger partial charge is 0.124 e. The van der Waals surface area contributed by atoms with Crippen LogP contribution in [-0.2, 0) is 0 Å². The molecule has 0 aromatic heterocycles. The Balaban J connectivity index is 2.98. The summed E-state index contributed by atoms with van der Waals surface area (Å²) in [5.41, 5.74) is 1.80. The summed E-state index contributed by atoms with van der Waals surface area (Å²) < 4.78 is 13.6. The van der Waals surface area contributed by atoms with Gasteiger partial charge in [0.15, 0.2) is 0 Å². The first-order valence-corrected chi connectivity index (χ1v) is 4.75. The van der Waals surface area contributed by atoms with Gasteiger partial charge in [-0.1, -0.05) is 6.08 Å². The van der Waals surface area contributed by atoms with Crippen molar-refractivity contribution in [3.63, 3.8) is 0 Å². The van der Waals surface area contributed by atoms with E-state index in [1.54, 1.807) is 6.08 Å². The van der Waals surface area contributed by atoms with E-state index in [2.05, 4.69) is 27.8 Å². The van der Waals surface area contributed by atoms with Crippen LogP contribution in [0.1, 0.15) is 5.56 Å². The maximum atomic E-state index is 12.9. The summed E-state index contributed by atoms with van der Waals surface area (Å²) in [4.78, 5) is 0. The summed E-state index contributed by atoms with van der Waals surface area (Å²) in [6, 6.07) is 2.94. The third-order valence-corrected chi connectivity index (χ3v) is 2.30. The molecule has 3 heteroatoms. The van der Waals surface area contributed by atoms with Gasteiger partial charge in [0.2, 0.25) is 0 Å². The third kappa shape index (κ3) is 2.56. The fourth-order valence-electron chi connectivity index (χ4n) is 1.10. The van der Waals surface area contributed by atoms with Crippen molar-refractivity contribution >= 4 is 21.6 Å². The maximum absolute atomic E-state index is 12.9. The molecular weight excluding hydrogens is 233 g/mol. The molecule has 1 rings (SSSR count). The minimum absolute atomic E-state index is 0.228. The van der Waals surface area contributed by atoms with Gasteiger partial charge in [0, 0.05) is 11.0 Å². The summed E-state index contributed by atoms with van der Waals surface area (Å²) in [6.07, 6.45) is 1.76. The predicted octanol–water partition coefficient (Wildman–Crippen LogP) is 3.49. The molecule has 0 aliphatic heterocycles. The molecule has 1 nitrogen and oxygen atoms in total. The Labute approximate surface area is 85.8 Å². The second-order valence-corrected chi connectivity index (χ2v) is 3.60. The van der Waals surface area contributed by atoms with Crippen LogP contribution in [0, 0.1) is 12.7 Å². The number of rotatable bonds is 3. The van der Waals surface area contributed by atoms with Crippen molar-refractivity contribution in [1.82, 2.24) is 0 Å². The molecule has 0 saturated heterocycles. The number of halogens is 2. The van der Waals surface area contributed by atoms with Gasteiger partial charge >= 0.3 is 0 Å². The highest BCUT2D eigenvalue weighted by atomic mass is 79.9. The van der Waals surface area contributed by atoms with Gasteiger partial charge in [-0.05, 0) is 40.5 Å². The van der Waals surface area contributed by atoms with E-state index in [1.165, 1.54) is 12.1 Å². The number of aryl methyl sites for hydroxylation is 1. The lowest BCUT2D eigenvalue weighted by atomic mass is 10.2. The lowest BCUT2D eigenvalue weighted by Gasteiger charge is -2.09. The first kappa shape index (κ1) is 10.3. The van der Waals surface area contributed by atoms with Crippen LogP contribution in [0.4, 0.5) is 10.1 Å². The van der Waals surface area contributed by atoms with Crippen LogP contribution in [0.3, 0.4) is 0 Å². The largest absolute Gasteiger partial charge is 0.380 e. The molecule has 0 unspecified atom stereocenters. The highest BCUT2D eigenvalue weighted by molar-refractivity contribution is 9.10. The van der Waals surface area contributed by atoms with Crippen molar-refractivity contribution in [2.24, 2.45) is 0 Å². The molecule has 0 atom stereocenters. The molecule has 0 heterocycles. The Bertz CT molecular complexity index is 300. The molecule has 13 heavy (non-hydrogen) atoms.